The minimum atomic E-state index is -0.730. The molecule has 0 bridgehead atoms. The van der Waals surface area contributed by atoms with Crippen LogP contribution < -0.4 is 0 Å². The Labute approximate surface area is 112 Å². The summed E-state index contributed by atoms with van der Waals surface area (Å²) in [4.78, 5) is 0. The van der Waals surface area contributed by atoms with Gasteiger partial charge in [-0.2, -0.15) is 5.10 Å². The van der Waals surface area contributed by atoms with Crippen molar-refractivity contribution in [1.82, 2.24) is 9.78 Å². The molecule has 1 unspecified atom stereocenters. The van der Waals surface area contributed by atoms with E-state index in [-0.39, 0.29) is 0 Å². The van der Waals surface area contributed by atoms with Crippen LogP contribution in [0.25, 0.3) is 0 Å². The summed E-state index contributed by atoms with van der Waals surface area (Å²) in [5.41, 5.74) is 2.63. The standard InChI is InChI=1S/C14H17ClN2O/c1-3-7-17-13(12(15)9-16-17)14(18)11-6-4-5-10(2)8-11/h4-6,8-9,14,18H,3,7H2,1-2H3. The molecule has 0 aliphatic rings. The van der Waals surface area contributed by atoms with Gasteiger partial charge in [-0.1, -0.05) is 48.4 Å². The van der Waals surface area contributed by atoms with Crippen LogP contribution in [0.2, 0.25) is 5.02 Å². The van der Waals surface area contributed by atoms with Crippen molar-refractivity contribution >= 4 is 11.6 Å². The van der Waals surface area contributed by atoms with Crippen molar-refractivity contribution < 1.29 is 5.11 Å². The number of halogens is 1. The van der Waals surface area contributed by atoms with Gasteiger partial charge in [0.05, 0.1) is 16.9 Å². The van der Waals surface area contributed by atoms with Gasteiger partial charge in [0.25, 0.3) is 0 Å². The van der Waals surface area contributed by atoms with Crippen molar-refractivity contribution in [2.24, 2.45) is 0 Å². The third-order valence-corrected chi connectivity index (χ3v) is 3.18. The van der Waals surface area contributed by atoms with Crippen LogP contribution in [0.4, 0.5) is 0 Å². The largest absolute Gasteiger partial charge is 0.382 e. The van der Waals surface area contributed by atoms with Crippen molar-refractivity contribution in [2.45, 2.75) is 32.9 Å². The molecule has 0 fully saturated rings. The Morgan fingerprint density at radius 3 is 2.89 bits per heavy atom. The number of aliphatic hydroxyl groups is 1. The third-order valence-electron chi connectivity index (χ3n) is 2.89. The van der Waals surface area contributed by atoms with E-state index in [0.29, 0.717) is 10.7 Å². The quantitative estimate of drug-likeness (QED) is 0.920. The minimum Gasteiger partial charge on any atom is -0.382 e. The van der Waals surface area contributed by atoms with Gasteiger partial charge in [0.1, 0.15) is 6.10 Å². The number of hydrogen-bond donors (Lipinski definition) is 1. The van der Waals surface area contributed by atoms with E-state index in [1.165, 1.54) is 0 Å². The summed E-state index contributed by atoms with van der Waals surface area (Å²) in [6.07, 6.45) is 1.81. The highest BCUT2D eigenvalue weighted by atomic mass is 35.5. The molecule has 1 N–H and O–H groups in total. The molecule has 0 spiro atoms. The molecule has 0 saturated carbocycles. The summed E-state index contributed by atoms with van der Waals surface area (Å²) in [6, 6.07) is 7.80. The SMILES string of the molecule is CCCn1ncc(Cl)c1C(O)c1cccc(C)c1. The van der Waals surface area contributed by atoms with Crippen LogP contribution in [0.5, 0.6) is 0 Å². The number of rotatable bonds is 4. The van der Waals surface area contributed by atoms with Gasteiger partial charge < -0.3 is 5.11 Å². The maximum absolute atomic E-state index is 10.4. The molecule has 96 valence electrons. The monoisotopic (exact) mass is 264 g/mol. The average molecular weight is 265 g/mol. The van der Waals surface area contributed by atoms with Crippen LogP contribution in [0.1, 0.15) is 36.3 Å². The highest BCUT2D eigenvalue weighted by molar-refractivity contribution is 6.31. The zero-order chi connectivity index (χ0) is 13.1. The Morgan fingerprint density at radius 1 is 1.44 bits per heavy atom. The number of benzene rings is 1. The van der Waals surface area contributed by atoms with Gasteiger partial charge in [-0.05, 0) is 18.9 Å². The lowest BCUT2D eigenvalue weighted by molar-refractivity contribution is 0.207. The molecule has 1 aromatic heterocycles. The molecule has 1 aromatic carbocycles. The van der Waals surface area contributed by atoms with Crippen LogP contribution in [0.15, 0.2) is 30.5 Å². The first-order valence-corrected chi connectivity index (χ1v) is 6.47. The lowest BCUT2D eigenvalue weighted by atomic mass is 10.0. The minimum absolute atomic E-state index is 0.512. The molecule has 0 saturated heterocycles. The van der Waals surface area contributed by atoms with Crippen molar-refractivity contribution in [3.05, 3.63) is 52.3 Å². The van der Waals surface area contributed by atoms with Crippen LogP contribution in [-0.2, 0) is 6.54 Å². The molecule has 0 amide bonds. The topological polar surface area (TPSA) is 38.0 Å². The Bertz CT molecular complexity index is 536. The zero-order valence-corrected chi connectivity index (χ0v) is 11.4. The number of aryl methyl sites for hydroxylation is 2. The number of aromatic nitrogens is 2. The molecular weight excluding hydrogens is 248 g/mol. The first-order valence-electron chi connectivity index (χ1n) is 6.09. The van der Waals surface area contributed by atoms with E-state index in [4.69, 9.17) is 11.6 Å². The van der Waals surface area contributed by atoms with Gasteiger partial charge in [0.15, 0.2) is 0 Å². The van der Waals surface area contributed by atoms with Crippen LogP contribution >= 0.6 is 11.6 Å². The lowest BCUT2D eigenvalue weighted by Crippen LogP contribution is -2.10. The summed E-state index contributed by atoms with van der Waals surface area (Å²) in [7, 11) is 0. The molecular formula is C14H17ClN2O. The molecule has 1 heterocycles. The van der Waals surface area contributed by atoms with Gasteiger partial charge >= 0.3 is 0 Å². The fourth-order valence-corrected chi connectivity index (χ4v) is 2.28. The van der Waals surface area contributed by atoms with Crippen molar-refractivity contribution in [3.8, 4) is 0 Å². The molecule has 3 nitrogen and oxygen atoms in total. The molecule has 18 heavy (non-hydrogen) atoms. The summed E-state index contributed by atoms with van der Waals surface area (Å²) >= 11 is 6.12. The fraction of sp³-hybridized carbons (Fsp3) is 0.357. The van der Waals surface area contributed by atoms with Gasteiger partial charge in [0, 0.05) is 6.54 Å². The second-order valence-corrected chi connectivity index (χ2v) is 4.82. The smallest absolute Gasteiger partial charge is 0.122 e. The first kappa shape index (κ1) is 13.1. The molecule has 1 atom stereocenters. The molecule has 0 aliphatic heterocycles. The van der Waals surface area contributed by atoms with Gasteiger partial charge in [-0.3, -0.25) is 4.68 Å². The number of hydrogen-bond acceptors (Lipinski definition) is 2. The summed E-state index contributed by atoms with van der Waals surface area (Å²) in [5, 5.41) is 15.2. The van der Waals surface area contributed by atoms with Crippen molar-refractivity contribution in [3.63, 3.8) is 0 Å². The maximum Gasteiger partial charge on any atom is 0.122 e. The Hall–Kier alpha value is -1.32. The molecule has 4 heteroatoms. The summed E-state index contributed by atoms with van der Waals surface area (Å²) < 4.78 is 1.77. The average Bonchev–Trinajstić information content (AvgIpc) is 2.70. The number of nitrogens with zero attached hydrogens (tertiary/aromatic N) is 2. The predicted octanol–water partition coefficient (Wildman–Crippen LogP) is 3.34. The summed E-state index contributed by atoms with van der Waals surface area (Å²) in [6.45, 7) is 4.82. The second-order valence-electron chi connectivity index (χ2n) is 4.42. The van der Waals surface area contributed by atoms with E-state index in [9.17, 15) is 5.11 Å². The van der Waals surface area contributed by atoms with E-state index in [1.807, 2.05) is 31.2 Å². The fourth-order valence-electron chi connectivity index (χ4n) is 2.03. The molecule has 0 radical (unpaired) electrons. The highest BCUT2D eigenvalue weighted by Gasteiger charge is 2.19. The third kappa shape index (κ3) is 2.57. The lowest BCUT2D eigenvalue weighted by Gasteiger charge is -2.14. The van der Waals surface area contributed by atoms with Crippen LogP contribution in [0, 0.1) is 6.92 Å². The van der Waals surface area contributed by atoms with E-state index in [2.05, 4.69) is 12.0 Å². The van der Waals surface area contributed by atoms with E-state index in [0.717, 1.165) is 24.1 Å². The molecule has 2 rings (SSSR count). The summed E-state index contributed by atoms with van der Waals surface area (Å²) in [5.74, 6) is 0. The van der Waals surface area contributed by atoms with Crippen molar-refractivity contribution in [2.75, 3.05) is 0 Å². The highest BCUT2D eigenvalue weighted by Crippen LogP contribution is 2.28. The Balaban J connectivity index is 2.39. The predicted molar refractivity (Wildman–Crippen MR) is 72.8 cm³/mol. The molecule has 0 aliphatic carbocycles. The van der Waals surface area contributed by atoms with E-state index in [1.54, 1.807) is 10.9 Å². The normalized spacial score (nSPS) is 12.7. The van der Waals surface area contributed by atoms with E-state index >= 15 is 0 Å². The Morgan fingerprint density at radius 2 is 2.22 bits per heavy atom. The van der Waals surface area contributed by atoms with Gasteiger partial charge in [0.2, 0.25) is 0 Å². The van der Waals surface area contributed by atoms with Crippen LogP contribution in [-0.4, -0.2) is 14.9 Å². The second kappa shape index (κ2) is 5.55. The van der Waals surface area contributed by atoms with E-state index < -0.39 is 6.10 Å². The first-order chi connectivity index (χ1) is 8.63. The van der Waals surface area contributed by atoms with Gasteiger partial charge in [-0.25, -0.2) is 0 Å². The van der Waals surface area contributed by atoms with Crippen molar-refractivity contribution in [1.29, 1.82) is 0 Å². The number of aliphatic hydroxyl groups excluding tert-OH is 1. The maximum atomic E-state index is 10.4. The molecule has 2 aromatic rings. The zero-order valence-electron chi connectivity index (χ0n) is 10.6. The van der Waals surface area contributed by atoms with Gasteiger partial charge in [-0.15, -0.1) is 0 Å². The Kier molecular flexibility index (Phi) is 4.04. The van der Waals surface area contributed by atoms with Crippen LogP contribution in [0.3, 0.4) is 0 Å².